The fraction of sp³-hybridized carbons (Fsp3) is 0.310. The molecule has 0 radical (unpaired) electrons. The Morgan fingerprint density at radius 2 is 1.42 bits per heavy atom. The van der Waals surface area contributed by atoms with Gasteiger partial charge in [-0.2, -0.15) is 0 Å². The average Bonchev–Trinajstić information content (AvgIpc) is 2.94. The first kappa shape index (κ1) is 27.1. The third-order valence-corrected chi connectivity index (χ3v) is 6.23. The van der Waals surface area contributed by atoms with Crippen molar-refractivity contribution in [2.24, 2.45) is 0 Å². The Bertz CT molecular complexity index is 1100. The number of β-amino-alcohol motifs (C(OH)–C–C–N with tert-alkyl or cyclic N) is 1. The number of hydrogen-bond donors (Lipinski definition) is 3. The number of benzene rings is 3. The molecule has 3 aromatic carbocycles. The molecule has 0 aliphatic carbocycles. The van der Waals surface area contributed by atoms with E-state index in [2.05, 4.69) is 34.1 Å². The van der Waals surface area contributed by atoms with E-state index in [0.29, 0.717) is 23.2 Å². The molecule has 3 N–H and O–H groups in total. The van der Waals surface area contributed by atoms with Crippen molar-refractivity contribution in [3.8, 4) is 0 Å². The van der Waals surface area contributed by atoms with E-state index < -0.39 is 18.0 Å². The average molecular weight is 491 g/mol. The van der Waals surface area contributed by atoms with Gasteiger partial charge in [0.25, 0.3) is 0 Å². The van der Waals surface area contributed by atoms with E-state index in [0.717, 1.165) is 26.2 Å². The van der Waals surface area contributed by atoms with Gasteiger partial charge in [-0.1, -0.05) is 66.7 Å². The molecule has 0 unspecified atom stereocenters. The lowest BCUT2D eigenvalue weighted by atomic mass is 9.96. The van der Waals surface area contributed by atoms with E-state index in [1.54, 1.807) is 55.5 Å². The van der Waals surface area contributed by atoms with Crippen LogP contribution in [0.1, 0.15) is 34.3 Å². The molecule has 0 bridgehead atoms. The maximum absolute atomic E-state index is 12.2. The summed E-state index contributed by atoms with van der Waals surface area (Å²) in [6, 6.07) is 26.1. The molecule has 7 nitrogen and oxygen atoms in total. The third-order valence-electron chi connectivity index (χ3n) is 6.23. The Morgan fingerprint density at radius 3 is 2.00 bits per heavy atom. The molecule has 1 fully saturated rings. The summed E-state index contributed by atoms with van der Waals surface area (Å²) in [7, 11) is 0. The second-order valence-electron chi connectivity index (χ2n) is 8.84. The number of ketones is 1. The highest BCUT2D eigenvalue weighted by Crippen LogP contribution is 2.19. The minimum Gasteiger partial charge on any atom is -0.481 e. The first-order valence-electron chi connectivity index (χ1n) is 12.1. The number of carboxylic acid groups (broad SMARTS) is 1. The van der Waals surface area contributed by atoms with Gasteiger partial charge in [0.15, 0.2) is 5.78 Å². The van der Waals surface area contributed by atoms with Gasteiger partial charge >= 0.3 is 5.97 Å². The maximum Gasteiger partial charge on any atom is 0.310 e. The fourth-order valence-electron chi connectivity index (χ4n) is 4.03. The number of carbonyl (C=O) groups is 2. The van der Waals surface area contributed by atoms with Crippen LogP contribution in [0.2, 0.25) is 0 Å². The highest BCUT2D eigenvalue weighted by atomic mass is 16.4. The molecule has 0 saturated carbocycles. The number of para-hydroxylation sites is 1. The van der Waals surface area contributed by atoms with Crippen molar-refractivity contribution in [3.05, 3.63) is 102 Å². The summed E-state index contributed by atoms with van der Waals surface area (Å²) in [5.74, 6) is -1.62. The van der Waals surface area contributed by atoms with Gasteiger partial charge in [-0.3, -0.25) is 14.5 Å². The number of anilines is 1. The Labute approximate surface area is 212 Å². The molecule has 4 rings (SSSR count). The molecule has 0 aromatic heterocycles. The first-order chi connectivity index (χ1) is 17.4. The van der Waals surface area contributed by atoms with Crippen molar-refractivity contribution in [2.75, 3.05) is 44.2 Å². The number of piperazine rings is 1. The van der Waals surface area contributed by atoms with Crippen molar-refractivity contribution in [3.63, 3.8) is 0 Å². The fourth-order valence-corrected chi connectivity index (χ4v) is 4.03. The summed E-state index contributed by atoms with van der Waals surface area (Å²) < 4.78 is 0. The van der Waals surface area contributed by atoms with Gasteiger partial charge in [0.2, 0.25) is 0 Å². The summed E-state index contributed by atoms with van der Waals surface area (Å²) in [4.78, 5) is 27.8. The molecule has 36 heavy (non-hydrogen) atoms. The lowest BCUT2D eigenvalue weighted by molar-refractivity contribution is -0.138. The molecule has 1 aliphatic heterocycles. The number of aliphatic hydroxyl groups excluding tert-OH is 2. The molecular weight excluding hydrogens is 456 g/mol. The Morgan fingerprint density at radius 1 is 0.833 bits per heavy atom. The standard InChI is InChI=1S/C16H14O3.C13H20N2O2/c1-11(16(18)19)13-8-5-9-14(10-13)15(17)12-6-3-2-4-7-12;16-11-13(17)10-14-6-8-15(9-7-14)12-4-2-1-3-5-12/h2-11H,1H3,(H,18,19);1-5,13,16-17H,6-11H2/t11-;13-/m11/s1. The normalized spacial score (nSPS) is 15.4. The summed E-state index contributed by atoms with van der Waals surface area (Å²) in [5.41, 5.74) is 3.00. The summed E-state index contributed by atoms with van der Waals surface area (Å²) >= 11 is 0. The third kappa shape index (κ3) is 7.75. The number of carbonyl (C=O) groups excluding carboxylic acids is 1. The molecular formula is C29H34N2O5. The van der Waals surface area contributed by atoms with Gasteiger partial charge in [0.05, 0.1) is 18.6 Å². The van der Waals surface area contributed by atoms with Crippen molar-refractivity contribution < 1.29 is 24.9 Å². The van der Waals surface area contributed by atoms with Gasteiger partial charge in [-0.05, 0) is 30.7 Å². The van der Waals surface area contributed by atoms with E-state index in [9.17, 15) is 14.7 Å². The van der Waals surface area contributed by atoms with Crippen LogP contribution in [0.3, 0.4) is 0 Å². The monoisotopic (exact) mass is 490 g/mol. The van der Waals surface area contributed by atoms with Crippen molar-refractivity contribution in [1.82, 2.24) is 4.90 Å². The van der Waals surface area contributed by atoms with Crippen LogP contribution in [-0.2, 0) is 4.79 Å². The molecule has 1 aliphatic rings. The summed E-state index contributed by atoms with van der Waals surface area (Å²) in [6.07, 6.45) is -0.613. The second kappa shape index (κ2) is 13.5. The number of nitrogens with zero attached hydrogens (tertiary/aromatic N) is 2. The number of rotatable bonds is 8. The Kier molecular flexibility index (Phi) is 10.2. The molecule has 0 amide bonds. The Balaban J connectivity index is 0.000000202. The van der Waals surface area contributed by atoms with Gasteiger partial charge in [0, 0.05) is 49.5 Å². The van der Waals surface area contributed by atoms with Gasteiger partial charge in [0.1, 0.15) is 0 Å². The zero-order valence-corrected chi connectivity index (χ0v) is 20.5. The molecule has 2 atom stereocenters. The zero-order chi connectivity index (χ0) is 25.9. The number of carboxylic acids is 1. The largest absolute Gasteiger partial charge is 0.481 e. The highest BCUT2D eigenvalue weighted by molar-refractivity contribution is 6.09. The molecule has 7 heteroatoms. The van der Waals surface area contributed by atoms with Crippen LogP contribution in [-0.4, -0.2) is 77.4 Å². The van der Waals surface area contributed by atoms with Crippen LogP contribution in [0.25, 0.3) is 0 Å². The smallest absolute Gasteiger partial charge is 0.310 e. The van der Waals surface area contributed by atoms with Crippen LogP contribution < -0.4 is 4.90 Å². The van der Waals surface area contributed by atoms with Crippen LogP contribution in [0, 0.1) is 0 Å². The molecule has 190 valence electrons. The quantitative estimate of drug-likeness (QED) is 0.417. The number of aliphatic hydroxyl groups is 2. The van der Waals surface area contributed by atoms with Crippen molar-refractivity contribution in [2.45, 2.75) is 18.9 Å². The van der Waals surface area contributed by atoms with Gasteiger partial charge in [-0.25, -0.2) is 0 Å². The summed E-state index contributed by atoms with van der Waals surface area (Å²) in [5, 5.41) is 27.2. The Hall–Kier alpha value is -3.52. The van der Waals surface area contributed by atoms with E-state index in [-0.39, 0.29) is 12.4 Å². The predicted octanol–water partition coefficient (Wildman–Crippen LogP) is 3.27. The number of aliphatic carboxylic acids is 1. The lowest BCUT2D eigenvalue weighted by Crippen LogP contribution is -2.49. The van der Waals surface area contributed by atoms with Crippen molar-refractivity contribution >= 4 is 17.4 Å². The van der Waals surface area contributed by atoms with Crippen LogP contribution in [0.15, 0.2) is 84.9 Å². The van der Waals surface area contributed by atoms with Crippen LogP contribution in [0.5, 0.6) is 0 Å². The van der Waals surface area contributed by atoms with E-state index >= 15 is 0 Å². The minimum absolute atomic E-state index is 0.0972. The van der Waals surface area contributed by atoms with E-state index in [1.807, 2.05) is 12.1 Å². The maximum atomic E-state index is 12.2. The first-order valence-corrected chi connectivity index (χ1v) is 12.1. The van der Waals surface area contributed by atoms with Crippen LogP contribution in [0.4, 0.5) is 5.69 Å². The molecule has 1 heterocycles. The minimum atomic E-state index is -0.899. The highest BCUT2D eigenvalue weighted by Gasteiger charge is 2.19. The SMILES string of the molecule is C[C@@H](C(=O)O)c1cccc(C(=O)c2ccccc2)c1.OC[C@H](O)CN1CCN(c2ccccc2)CC1. The topological polar surface area (TPSA) is 101 Å². The van der Waals surface area contributed by atoms with E-state index in [4.69, 9.17) is 10.2 Å². The number of hydrogen-bond acceptors (Lipinski definition) is 6. The second-order valence-corrected chi connectivity index (χ2v) is 8.84. The zero-order valence-electron chi connectivity index (χ0n) is 20.5. The summed E-state index contributed by atoms with van der Waals surface area (Å²) in [6.45, 7) is 5.84. The van der Waals surface area contributed by atoms with Gasteiger partial charge in [-0.15, -0.1) is 0 Å². The van der Waals surface area contributed by atoms with Crippen molar-refractivity contribution in [1.29, 1.82) is 0 Å². The lowest BCUT2D eigenvalue weighted by Gasteiger charge is -2.36. The molecule has 1 saturated heterocycles. The molecule has 3 aromatic rings. The predicted molar refractivity (Wildman–Crippen MR) is 141 cm³/mol. The van der Waals surface area contributed by atoms with E-state index in [1.165, 1.54) is 5.69 Å². The van der Waals surface area contributed by atoms with Crippen LogP contribution >= 0.6 is 0 Å². The van der Waals surface area contributed by atoms with Gasteiger partial charge < -0.3 is 20.2 Å². The molecule has 0 spiro atoms.